The summed E-state index contributed by atoms with van der Waals surface area (Å²) in [5.74, 6) is 0.545. The van der Waals surface area contributed by atoms with Crippen LogP contribution in [0, 0.1) is 0 Å². The zero-order valence-electron chi connectivity index (χ0n) is 6.67. The van der Waals surface area contributed by atoms with Crippen LogP contribution in [-0.2, 0) is 10.9 Å². The zero-order chi connectivity index (χ0) is 9.26. The predicted molar refractivity (Wildman–Crippen MR) is 53.4 cm³/mol. The van der Waals surface area contributed by atoms with Crippen LogP contribution in [0.15, 0.2) is 34.0 Å². The molecule has 0 aromatic rings. The predicted octanol–water partition coefficient (Wildman–Crippen LogP) is 1.18. The van der Waals surface area contributed by atoms with Crippen molar-refractivity contribution in [2.45, 2.75) is 0 Å². The van der Waals surface area contributed by atoms with E-state index < -0.39 is 16.2 Å². The summed E-state index contributed by atoms with van der Waals surface area (Å²) >= 11 is 0. The molecule has 4 nitrogen and oxygen atoms in total. The highest BCUT2D eigenvalue weighted by atomic mass is 32.2. The molecular weight excluding hydrogens is 188 g/mol. The zero-order valence-corrected chi connectivity index (χ0v) is 7.49. The van der Waals surface area contributed by atoms with Crippen molar-refractivity contribution in [3.05, 3.63) is 24.0 Å². The fourth-order valence-corrected chi connectivity index (χ4v) is 2.57. The molecule has 1 N–H and O–H groups in total. The van der Waals surface area contributed by atoms with Crippen molar-refractivity contribution in [2.75, 3.05) is 5.75 Å². The van der Waals surface area contributed by atoms with Crippen LogP contribution in [0.3, 0.4) is 0 Å². The summed E-state index contributed by atoms with van der Waals surface area (Å²) in [6.07, 6.45) is 6.60. The van der Waals surface area contributed by atoms with Gasteiger partial charge in [0, 0.05) is 12.4 Å². The monoisotopic (exact) mass is 195 g/mol. The van der Waals surface area contributed by atoms with Gasteiger partial charge in [0.25, 0.3) is 5.04 Å². The molecule has 0 saturated heterocycles. The number of nitrogens with zero attached hydrogens (tertiary/aromatic N) is 2. The average molecular weight is 195 g/mol. The molecule has 2 rings (SSSR count). The number of hydrogen-bond donors (Lipinski definition) is 1. The molecule has 1 unspecified atom stereocenters. The molecule has 0 radical (unpaired) electrons. The molecule has 1 atom stereocenters. The number of carboxylic acid groups (broad SMARTS) is 1. The van der Waals surface area contributed by atoms with Crippen LogP contribution >= 0.6 is 0 Å². The lowest BCUT2D eigenvalue weighted by Crippen LogP contribution is -2.21. The number of hydrogen-bond acceptors (Lipinski definition) is 3. The molecule has 13 heavy (non-hydrogen) atoms. The first-order chi connectivity index (χ1) is 6.29. The van der Waals surface area contributed by atoms with Crippen molar-refractivity contribution in [3.8, 4) is 0 Å². The highest BCUT2D eigenvalue weighted by Crippen LogP contribution is 2.19. The SMILES string of the molecule is O=C(O)[S+]1CC=C2C=NC=CN=C21. The van der Waals surface area contributed by atoms with Crippen LogP contribution in [0.2, 0.25) is 0 Å². The lowest BCUT2D eigenvalue weighted by Gasteiger charge is -1.92. The molecule has 0 aromatic carbocycles. The molecule has 2 heterocycles. The third-order valence-corrected chi connectivity index (χ3v) is 3.45. The Hall–Kier alpha value is -1.36. The van der Waals surface area contributed by atoms with E-state index in [1.165, 1.54) is 6.20 Å². The molecule has 0 saturated carbocycles. The number of aliphatic imine (C=N–C) groups is 2. The van der Waals surface area contributed by atoms with E-state index in [0.717, 1.165) is 5.57 Å². The Bertz CT molecular complexity index is 368. The van der Waals surface area contributed by atoms with Gasteiger partial charge in [-0.3, -0.25) is 4.99 Å². The molecule has 66 valence electrons. The number of fused-ring (bicyclic) bond motifs is 1. The molecule has 0 fully saturated rings. The maximum absolute atomic E-state index is 10.8. The number of carbonyl (C=O) groups is 1. The summed E-state index contributed by atoms with van der Waals surface area (Å²) in [5, 5.41) is 8.72. The number of rotatable bonds is 0. The summed E-state index contributed by atoms with van der Waals surface area (Å²) in [5.41, 5.74) is 0.843. The molecule has 2 aliphatic rings. The lowest BCUT2D eigenvalue weighted by molar-refractivity contribution is 0.222. The summed E-state index contributed by atoms with van der Waals surface area (Å²) in [6.45, 7) is 0. The topological polar surface area (TPSA) is 62.0 Å². The van der Waals surface area contributed by atoms with Gasteiger partial charge in [-0.05, 0) is 6.08 Å². The minimum Gasteiger partial charge on any atom is -0.441 e. The molecule has 0 amide bonds. The molecule has 0 aliphatic carbocycles. The Labute approximate surface area is 77.7 Å². The summed E-state index contributed by atoms with van der Waals surface area (Å²) in [4.78, 5) is 18.8. The Morgan fingerprint density at radius 1 is 1.54 bits per heavy atom. The molecule has 0 aromatic heterocycles. The van der Waals surface area contributed by atoms with E-state index in [9.17, 15) is 4.79 Å². The van der Waals surface area contributed by atoms with E-state index in [0.29, 0.717) is 10.8 Å². The van der Waals surface area contributed by atoms with Crippen LogP contribution in [-0.4, -0.2) is 27.4 Å². The van der Waals surface area contributed by atoms with Gasteiger partial charge in [0.1, 0.15) is 5.75 Å². The van der Waals surface area contributed by atoms with Crippen LogP contribution in [0.25, 0.3) is 0 Å². The van der Waals surface area contributed by atoms with Gasteiger partial charge in [-0.25, -0.2) is 4.99 Å². The van der Waals surface area contributed by atoms with Crippen molar-refractivity contribution in [1.29, 1.82) is 0 Å². The van der Waals surface area contributed by atoms with Gasteiger partial charge in [0.2, 0.25) is 0 Å². The maximum atomic E-state index is 10.8. The van der Waals surface area contributed by atoms with Gasteiger partial charge in [-0.15, -0.1) is 0 Å². The van der Waals surface area contributed by atoms with Crippen LogP contribution in [0.5, 0.6) is 0 Å². The minimum absolute atomic E-state index is 0.545. The fraction of sp³-hybridized carbons (Fsp3) is 0.125. The Morgan fingerprint density at radius 3 is 3.15 bits per heavy atom. The molecular formula is C8H7N2O2S+. The second-order valence-electron chi connectivity index (χ2n) is 2.49. The van der Waals surface area contributed by atoms with Crippen molar-refractivity contribution in [3.63, 3.8) is 0 Å². The van der Waals surface area contributed by atoms with Crippen molar-refractivity contribution >= 4 is 27.5 Å². The van der Waals surface area contributed by atoms with Gasteiger partial charge >= 0.3 is 5.30 Å². The molecule has 5 heteroatoms. The summed E-state index contributed by atoms with van der Waals surface area (Å²) in [7, 11) is -0.775. The van der Waals surface area contributed by atoms with Gasteiger partial charge in [0.15, 0.2) is 10.9 Å². The van der Waals surface area contributed by atoms with E-state index in [4.69, 9.17) is 5.11 Å². The Balaban J connectivity index is 2.36. The smallest absolute Gasteiger partial charge is 0.441 e. The Morgan fingerprint density at radius 2 is 2.38 bits per heavy atom. The second-order valence-corrected chi connectivity index (χ2v) is 4.34. The van der Waals surface area contributed by atoms with Gasteiger partial charge in [-0.2, -0.15) is 4.79 Å². The van der Waals surface area contributed by atoms with E-state index in [1.54, 1.807) is 12.4 Å². The second kappa shape index (κ2) is 3.18. The largest absolute Gasteiger partial charge is 0.530 e. The van der Waals surface area contributed by atoms with E-state index in [1.807, 2.05) is 6.08 Å². The van der Waals surface area contributed by atoms with Crippen LogP contribution in [0.4, 0.5) is 4.79 Å². The van der Waals surface area contributed by atoms with Crippen molar-refractivity contribution in [2.24, 2.45) is 9.98 Å². The average Bonchev–Trinajstić information content (AvgIpc) is 2.36. The quantitative estimate of drug-likeness (QED) is 0.590. The van der Waals surface area contributed by atoms with E-state index in [2.05, 4.69) is 9.98 Å². The third kappa shape index (κ3) is 1.42. The minimum atomic E-state index is -0.797. The molecule has 0 bridgehead atoms. The van der Waals surface area contributed by atoms with Crippen molar-refractivity contribution in [1.82, 2.24) is 0 Å². The molecule has 0 spiro atoms. The van der Waals surface area contributed by atoms with Gasteiger partial charge in [0.05, 0.1) is 11.8 Å². The maximum Gasteiger partial charge on any atom is 0.530 e. The fourth-order valence-electron chi connectivity index (χ4n) is 1.14. The van der Waals surface area contributed by atoms with E-state index in [-0.39, 0.29) is 0 Å². The molecule has 2 aliphatic heterocycles. The first kappa shape index (κ1) is 8.25. The lowest BCUT2D eigenvalue weighted by atomic mass is 10.3. The summed E-state index contributed by atoms with van der Waals surface area (Å²) in [6, 6.07) is 0. The van der Waals surface area contributed by atoms with Gasteiger partial charge < -0.3 is 5.11 Å². The standard InChI is InChI=1S/C8H6N2O2S/c11-8(12)13-4-1-6-5-9-2-3-10-7(6)13/h1-3,5H,4H2/p+1. The highest BCUT2D eigenvalue weighted by Gasteiger charge is 2.42. The third-order valence-electron chi connectivity index (χ3n) is 1.72. The highest BCUT2D eigenvalue weighted by molar-refractivity contribution is 8.24. The first-order valence-corrected chi connectivity index (χ1v) is 5.09. The normalized spacial score (nSPS) is 24.8. The first-order valence-electron chi connectivity index (χ1n) is 3.69. The van der Waals surface area contributed by atoms with Gasteiger partial charge in [-0.1, -0.05) is 0 Å². The summed E-state index contributed by atoms with van der Waals surface area (Å²) < 4.78 is 0. The van der Waals surface area contributed by atoms with E-state index >= 15 is 0 Å². The van der Waals surface area contributed by atoms with Crippen molar-refractivity contribution < 1.29 is 9.90 Å². The Kier molecular flexibility index (Phi) is 2.02. The van der Waals surface area contributed by atoms with Crippen LogP contribution < -0.4 is 0 Å². The van der Waals surface area contributed by atoms with Crippen LogP contribution in [0.1, 0.15) is 0 Å².